The number of anilines is 1. The number of piperidine rings is 1. The van der Waals surface area contributed by atoms with Gasteiger partial charge in [0.05, 0.1) is 25.0 Å². The van der Waals surface area contributed by atoms with Crippen molar-refractivity contribution in [2.45, 2.75) is 24.9 Å². The maximum absolute atomic E-state index is 12.2. The molecule has 2 aliphatic rings. The van der Waals surface area contributed by atoms with Crippen molar-refractivity contribution in [2.24, 2.45) is 0 Å². The van der Waals surface area contributed by atoms with Crippen molar-refractivity contribution in [2.75, 3.05) is 31.6 Å². The molecule has 1 spiro atoms. The van der Waals surface area contributed by atoms with E-state index in [9.17, 15) is 4.79 Å². The van der Waals surface area contributed by atoms with E-state index < -0.39 is 0 Å². The van der Waals surface area contributed by atoms with Gasteiger partial charge in [0.25, 0.3) is 0 Å². The number of ether oxygens (including phenoxy) is 1. The van der Waals surface area contributed by atoms with Gasteiger partial charge in [-0.25, -0.2) is 0 Å². The van der Waals surface area contributed by atoms with Crippen molar-refractivity contribution in [1.82, 2.24) is 15.1 Å². The fraction of sp³-hybridized carbons (Fsp3) is 0.444. The van der Waals surface area contributed by atoms with Gasteiger partial charge in [0.1, 0.15) is 5.60 Å². The van der Waals surface area contributed by atoms with Crippen LogP contribution in [0.5, 0.6) is 0 Å². The zero-order chi connectivity index (χ0) is 16.4. The number of carbonyl (C=O) groups excluding carboxylic acids is 1. The zero-order valence-corrected chi connectivity index (χ0v) is 13.6. The Bertz CT molecular complexity index is 705. The van der Waals surface area contributed by atoms with Crippen LogP contribution in [0.1, 0.15) is 24.1 Å². The van der Waals surface area contributed by atoms with Gasteiger partial charge in [-0.1, -0.05) is 18.2 Å². The number of aromatic nitrogens is 2. The highest BCUT2D eigenvalue weighted by Gasteiger charge is 2.42. The number of nitrogens with one attached hydrogen (secondary N) is 2. The molecule has 4 rings (SSSR count). The molecule has 0 bridgehead atoms. The molecular weight excluding hydrogens is 304 g/mol. The quantitative estimate of drug-likeness (QED) is 0.904. The lowest BCUT2D eigenvalue weighted by molar-refractivity contribution is -0.122. The normalized spacial score (nSPS) is 19.8. The maximum atomic E-state index is 12.2. The highest BCUT2D eigenvalue weighted by atomic mass is 16.5. The molecule has 1 amide bonds. The number of hydrogen-bond acceptors (Lipinski definition) is 4. The average Bonchev–Trinajstić information content (AvgIpc) is 3.08. The van der Waals surface area contributed by atoms with Crippen molar-refractivity contribution in [3.05, 3.63) is 47.8 Å². The molecule has 1 fully saturated rings. The Balaban J connectivity index is 1.35. The van der Waals surface area contributed by atoms with E-state index in [2.05, 4.69) is 20.4 Å². The van der Waals surface area contributed by atoms with E-state index in [0.29, 0.717) is 6.54 Å². The van der Waals surface area contributed by atoms with E-state index in [1.54, 1.807) is 0 Å². The summed E-state index contributed by atoms with van der Waals surface area (Å²) in [5.41, 5.74) is 3.02. The first kappa shape index (κ1) is 15.4. The fourth-order valence-corrected chi connectivity index (χ4v) is 3.72. The van der Waals surface area contributed by atoms with Gasteiger partial charge in [-0.15, -0.1) is 0 Å². The first-order chi connectivity index (χ1) is 11.8. The van der Waals surface area contributed by atoms with Crippen LogP contribution >= 0.6 is 0 Å². The van der Waals surface area contributed by atoms with Crippen molar-refractivity contribution in [3.63, 3.8) is 0 Å². The second kappa shape index (κ2) is 6.37. The molecule has 1 aromatic carbocycles. The molecule has 6 nitrogen and oxygen atoms in total. The molecule has 6 heteroatoms. The Labute approximate surface area is 141 Å². The minimum atomic E-state index is -0.240. The Kier molecular flexibility index (Phi) is 4.08. The third-order valence-corrected chi connectivity index (χ3v) is 5.01. The minimum absolute atomic E-state index is 0.0314. The molecule has 2 aliphatic heterocycles. The third-order valence-electron chi connectivity index (χ3n) is 5.01. The van der Waals surface area contributed by atoms with Crippen LogP contribution in [0.15, 0.2) is 36.5 Å². The van der Waals surface area contributed by atoms with Gasteiger partial charge in [0.15, 0.2) is 0 Å². The predicted octanol–water partition coefficient (Wildman–Crippen LogP) is 1.91. The summed E-state index contributed by atoms with van der Waals surface area (Å²) in [4.78, 5) is 14.4. The summed E-state index contributed by atoms with van der Waals surface area (Å²) in [5, 5.41) is 10.3. The summed E-state index contributed by atoms with van der Waals surface area (Å²) in [6.45, 7) is 2.86. The Morgan fingerprint density at radius 3 is 2.88 bits per heavy atom. The van der Waals surface area contributed by atoms with Crippen molar-refractivity contribution in [1.29, 1.82) is 0 Å². The monoisotopic (exact) mass is 326 g/mol. The lowest BCUT2D eigenvalue weighted by Crippen LogP contribution is -2.48. The number of amides is 1. The van der Waals surface area contributed by atoms with Gasteiger partial charge < -0.3 is 10.1 Å². The molecule has 0 unspecified atom stereocenters. The Hall–Kier alpha value is -2.18. The second-order valence-electron chi connectivity index (χ2n) is 6.55. The van der Waals surface area contributed by atoms with Crippen LogP contribution in [0.2, 0.25) is 0 Å². The number of benzene rings is 1. The highest BCUT2D eigenvalue weighted by Crippen LogP contribution is 2.40. The molecule has 24 heavy (non-hydrogen) atoms. The van der Waals surface area contributed by atoms with Crippen molar-refractivity contribution < 1.29 is 9.53 Å². The largest absolute Gasteiger partial charge is 0.368 e. The van der Waals surface area contributed by atoms with Crippen molar-refractivity contribution in [3.8, 4) is 0 Å². The zero-order valence-electron chi connectivity index (χ0n) is 13.6. The van der Waals surface area contributed by atoms with Gasteiger partial charge >= 0.3 is 0 Å². The van der Waals surface area contributed by atoms with Crippen LogP contribution in [0.25, 0.3) is 0 Å². The molecule has 1 saturated heterocycles. The number of likely N-dealkylation sites (tertiary alicyclic amines) is 1. The summed E-state index contributed by atoms with van der Waals surface area (Å²) in [7, 11) is 0. The Morgan fingerprint density at radius 2 is 2.08 bits per heavy atom. The van der Waals surface area contributed by atoms with Gasteiger partial charge in [0, 0.05) is 18.8 Å². The summed E-state index contributed by atoms with van der Waals surface area (Å²) < 4.78 is 6.14. The molecule has 0 saturated carbocycles. The molecular formula is C18H22N4O2. The lowest BCUT2D eigenvalue weighted by atomic mass is 9.84. The summed E-state index contributed by atoms with van der Waals surface area (Å²) in [5.74, 6) is 0.0314. The molecule has 2 aromatic rings. The summed E-state index contributed by atoms with van der Waals surface area (Å²) >= 11 is 0. The third kappa shape index (κ3) is 2.95. The van der Waals surface area contributed by atoms with Crippen LogP contribution in [0.4, 0.5) is 5.69 Å². The average molecular weight is 326 g/mol. The number of H-pyrrole nitrogens is 1. The predicted molar refractivity (Wildman–Crippen MR) is 90.7 cm³/mol. The van der Waals surface area contributed by atoms with Gasteiger partial charge in [0.2, 0.25) is 5.91 Å². The van der Waals surface area contributed by atoms with E-state index >= 15 is 0 Å². The lowest BCUT2D eigenvalue weighted by Gasteiger charge is -2.43. The van der Waals surface area contributed by atoms with Crippen LogP contribution in [-0.2, 0) is 21.6 Å². The molecule has 1 aromatic heterocycles. The number of fused-ring (bicyclic) bond motifs is 2. The molecule has 126 valence electrons. The molecule has 0 aliphatic carbocycles. The van der Waals surface area contributed by atoms with Crippen LogP contribution in [-0.4, -0.2) is 47.2 Å². The number of hydrogen-bond donors (Lipinski definition) is 2. The maximum Gasteiger partial charge on any atom is 0.238 e. The van der Waals surface area contributed by atoms with E-state index in [1.807, 2.05) is 36.5 Å². The van der Waals surface area contributed by atoms with Gasteiger partial charge in [-0.3, -0.25) is 14.8 Å². The van der Waals surface area contributed by atoms with E-state index in [-0.39, 0.29) is 11.5 Å². The van der Waals surface area contributed by atoms with Gasteiger partial charge in [-0.05, 0) is 37.0 Å². The van der Waals surface area contributed by atoms with Crippen molar-refractivity contribution >= 4 is 11.6 Å². The number of aromatic amines is 1. The molecule has 0 atom stereocenters. The number of rotatable bonds is 3. The first-order valence-corrected chi connectivity index (χ1v) is 8.49. The standard InChI is InChI=1S/C18H22N4O2/c23-16(20-15-4-2-1-3-5-15)13-22-9-7-18(8-10-22)17-14(6-11-24-18)12-19-21-17/h1-5,12H,6-11,13H2,(H,19,21)(H,20,23). The smallest absolute Gasteiger partial charge is 0.238 e. The van der Waals surface area contributed by atoms with Crippen LogP contribution < -0.4 is 5.32 Å². The van der Waals surface area contributed by atoms with Gasteiger partial charge in [-0.2, -0.15) is 5.10 Å². The fourth-order valence-electron chi connectivity index (χ4n) is 3.72. The van der Waals surface area contributed by atoms with Crippen LogP contribution in [0, 0.1) is 0 Å². The summed E-state index contributed by atoms with van der Waals surface area (Å²) in [6, 6.07) is 9.58. The van der Waals surface area contributed by atoms with E-state index in [1.165, 1.54) is 5.56 Å². The highest BCUT2D eigenvalue weighted by molar-refractivity contribution is 5.92. The summed E-state index contributed by atoms with van der Waals surface area (Å²) in [6.07, 6.45) is 4.62. The molecule has 2 N–H and O–H groups in total. The van der Waals surface area contributed by atoms with Crippen LogP contribution in [0.3, 0.4) is 0 Å². The first-order valence-electron chi connectivity index (χ1n) is 8.49. The molecule has 0 radical (unpaired) electrons. The second-order valence-corrected chi connectivity index (χ2v) is 6.55. The topological polar surface area (TPSA) is 70.2 Å². The SMILES string of the molecule is O=C(CN1CCC2(CC1)OCCc1cn[nH]c12)Nc1ccccc1. The van der Waals surface area contributed by atoms with E-state index in [4.69, 9.17) is 4.74 Å². The number of para-hydroxylation sites is 1. The number of nitrogens with zero attached hydrogens (tertiary/aromatic N) is 2. The number of carbonyl (C=O) groups is 1. The molecule has 3 heterocycles. The Morgan fingerprint density at radius 1 is 1.29 bits per heavy atom. The van der Waals surface area contributed by atoms with E-state index in [0.717, 1.165) is 50.3 Å². The minimum Gasteiger partial charge on any atom is -0.368 e.